The summed E-state index contributed by atoms with van der Waals surface area (Å²) in [5.41, 5.74) is 1.22. The number of nitrogens with zero attached hydrogens (tertiary/aromatic N) is 3. The molecule has 0 saturated heterocycles. The standard InChI is InChI=1S/C16H18ClN3S.ClH/c1-11(10-19(2)3)20-13-6-4-5-7-14(13)21-15-8-12(17)9-18-16(15)20;/h4-9,11H,10H2,1-3H3;1H. The topological polar surface area (TPSA) is 19.4 Å². The van der Waals surface area contributed by atoms with Gasteiger partial charge in [-0.1, -0.05) is 35.5 Å². The minimum Gasteiger partial charge on any atom is -0.320 e. The van der Waals surface area contributed by atoms with E-state index in [2.05, 4.69) is 60.1 Å². The maximum Gasteiger partial charge on any atom is 0.147 e. The number of benzene rings is 1. The minimum absolute atomic E-state index is 0. The molecule has 0 aliphatic carbocycles. The number of rotatable bonds is 3. The number of fused-ring (bicyclic) bond motifs is 2. The summed E-state index contributed by atoms with van der Waals surface area (Å²) in [7, 11) is 4.19. The summed E-state index contributed by atoms with van der Waals surface area (Å²) in [6, 6.07) is 10.8. The molecule has 2 aromatic rings. The second-order valence-electron chi connectivity index (χ2n) is 5.53. The van der Waals surface area contributed by atoms with Crippen molar-refractivity contribution >= 4 is 47.3 Å². The Morgan fingerprint density at radius 1 is 1.27 bits per heavy atom. The van der Waals surface area contributed by atoms with Crippen LogP contribution in [0.25, 0.3) is 0 Å². The zero-order chi connectivity index (χ0) is 15.0. The van der Waals surface area contributed by atoms with Gasteiger partial charge < -0.3 is 9.80 Å². The van der Waals surface area contributed by atoms with E-state index in [1.54, 1.807) is 18.0 Å². The quantitative estimate of drug-likeness (QED) is 0.793. The molecule has 1 atom stereocenters. The van der Waals surface area contributed by atoms with Gasteiger partial charge in [-0.25, -0.2) is 4.98 Å². The van der Waals surface area contributed by atoms with Crippen molar-refractivity contribution in [3.05, 3.63) is 41.6 Å². The molecule has 22 heavy (non-hydrogen) atoms. The largest absolute Gasteiger partial charge is 0.320 e. The van der Waals surface area contributed by atoms with Gasteiger partial charge in [0.15, 0.2) is 0 Å². The molecule has 0 fully saturated rings. The van der Waals surface area contributed by atoms with Gasteiger partial charge in [0.1, 0.15) is 5.82 Å². The first-order chi connectivity index (χ1) is 10.1. The second kappa shape index (κ2) is 7.09. The molecule has 3 nitrogen and oxygen atoms in total. The van der Waals surface area contributed by atoms with Crippen molar-refractivity contribution in [3.63, 3.8) is 0 Å². The SMILES string of the molecule is CC(CN(C)C)N1c2ccccc2Sc2cc(Cl)cnc21.Cl. The van der Waals surface area contributed by atoms with Crippen LogP contribution in [0.4, 0.5) is 11.5 Å². The summed E-state index contributed by atoms with van der Waals surface area (Å²) in [5, 5.41) is 0.681. The van der Waals surface area contributed by atoms with Gasteiger partial charge in [0.05, 0.1) is 15.6 Å². The summed E-state index contributed by atoms with van der Waals surface area (Å²) in [4.78, 5) is 11.5. The van der Waals surface area contributed by atoms with E-state index in [0.717, 1.165) is 17.3 Å². The molecule has 3 rings (SSSR count). The highest BCUT2D eigenvalue weighted by molar-refractivity contribution is 7.99. The molecule has 0 saturated carbocycles. The number of likely N-dealkylation sites (N-methyl/N-ethyl adjacent to an activating group) is 1. The van der Waals surface area contributed by atoms with Crippen molar-refractivity contribution in [1.82, 2.24) is 9.88 Å². The molecule has 0 amide bonds. The van der Waals surface area contributed by atoms with E-state index < -0.39 is 0 Å². The summed E-state index contributed by atoms with van der Waals surface area (Å²) in [6.45, 7) is 3.19. The normalized spacial score (nSPS) is 14.1. The molecule has 1 aliphatic rings. The number of halogens is 2. The zero-order valence-corrected chi connectivity index (χ0v) is 15.2. The van der Waals surface area contributed by atoms with Crippen molar-refractivity contribution in [1.29, 1.82) is 0 Å². The highest BCUT2D eigenvalue weighted by atomic mass is 35.5. The Labute approximate surface area is 147 Å². The van der Waals surface area contributed by atoms with Crippen LogP contribution in [-0.4, -0.2) is 36.6 Å². The third-order valence-corrected chi connectivity index (χ3v) is 4.73. The molecule has 0 spiro atoms. The van der Waals surface area contributed by atoms with E-state index in [4.69, 9.17) is 11.6 Å². The Balaban J connectivity index is 0.00000176. The molecule has 0 bridgehead atoms. The molecule has 1 unspecified atom stereocenters. The van der Waals surface area contributed by atoms with Crippen LogP contribution < -0.4 is 4.90 Å². The first kappa shape index (κ1) is 17.4. The maximum absolute atomic E-state index is 6.11. The monoisotopic (exact) mass is 355 g/mol. The smallest absolute Gasteiger partial charge is 0.147 e. The third-order valence-electron chi connectivity index (χ3n) is 3.44. The van der Waals surface area contributed by atoms with Crippen LogP contribution in [0.2, 0.25) is 5.02 Å². The Bertz CT molecular complexity index is 664. The Hall–Kier alpha value is -0.940. The molecule has 1 aromatic heterocycles. The van der Waals surface area contributed by atoms with Crippen LogP contribution in [0.5, 0.6) is 0 Å². The van der Waals surface area contributed by atoms with Crippen LogP contribution in [0.3, 0.4) is 0 Å². The minimum atomic E-state index is 0. The van der Waals surface area contributed by atoms with Crippen LogP contribution in [-0.2, 0) is 0 Å². The third kappa shape index (κ3) is 3.35. The predicted octanol–water partition coefficient (Wildman–Crippen LogP) is 4.71. The number of anilines is 2. The lowest BCUT2D eigenvalue weighted by molar-refractivity contribution is 0.379. The lowest BCUT2D eigenvalue weighted by Crippen LogP contribution is -2.38. The summed E-state index contributed by atoms with van der Waals surface area (Å²) >= 11 is 7.85. The summed E-state index contributed by atoms with van der Waals surface area (Å²) < 4.78 is 0. The second-order valence-corrected chi connectivity index (χ2v) is 7.05. The molecule has 2 heterocycles. The van der Waals surface area contributed by atoms with Gasteiger partial charge in [0.2, 0.25) is 0 Å². The van der Waals surface area contributed by atoms with Crippen LogP contribution in [0, 0.1) is 0 Å². The molecule has 1 aromatic carbocycles. The fourth-order valence-corrected chi connectivity index (χ4v) is 4.01. The maximum atomic E-state index is 6.11. The number of hydrogen-bond donors (Lipinski definition) is 0. The average Bonchev–Trinajstić information content (AvgIpc) is 2.43. The lowest BCUT2D eigenvalue weighted by Gasteiger charge is -2.37. The summed E-state index contributed by atoms with van der Waals surface area (Å²) in [6.07, 6.45) is 1.73. The fourth-order valence-electron chi connectivity index (χ4n) is 2.70. The molecule has 0 radical (unpaired) electrons. The van der Waals surface area contributed by atoms with Gasteiger partial charge in [0.25, 0.3) is 0 Å². The van der Waals surface area contributed by atoms with Gasteiger partial charge >= 0.3 is 0 Å². The summed E-state index contributed by atoms with van der Waals surface area (Å²) in [5.74, 6) is 0.998. The molecule has 6 heteroatoms. The van der Waals surface area contributed by atoms with Crippen molar-refractivity contribution in [2.24, 2.45) is 0 Å². The zero-order valence-electron chi connectivity index (χ0n) is 12.8. The Morgan fingerprint density at radius 2 is 2.00 bits per heavy atom. The van der Waals surface area contributed by atoms with Crippen molar-refractivity contribution in [3.8, 4) is 0 Å². The van der Waals surface area contributed by atoms with E-state index in [0.29, 0.717) is 11.1 Å². The number of hydrogen-bond acceptors (Lipinski definition) is 4. The Kier molecular flexibility index (Phi) is 5.61. The van der Waals surface area contributed by atoms with E-state index in [1.165, 1.54) is 10.6 Å². The molecule has 118 valence electrons. The Morgan fingerprint density at radius 3 is 2.73 bits per heavy atom. The molecular weight excluding hydrogens is 337 g/mol. The average molecular weight is 356 g/mol. The predicted molar refractivity (Wildman–Crippen MR) is 97.2 cm³/mol. The van der Waals surface area contributed by atoms with E-state index in [9.17, 15) is 0 Å². The lowest BCUT2D eigenvalue weighted by atomic mass is 10.2. The first-order valence-corrected chi connectivity index (χ1v) is 8.12. The van der Waals surface area contributed by atoms with Gasteiger partial charge in [0, 0.05) is 23.7 Å². The number of para-hydroxylation sites is 1. The highest BCUT2D eigenvalue weighted by Gasteiger charge is 2.28. The van der Waals surface area contributed by atoms with Gasteiger partial charge in [-0.2, -0.15) is 0 Å². The van der Waals surface area contributed by atoms with Crippen LogP contribution in [0.15, 0.2) is 46.3 Å². The highest BCUT2D eigenvalue weighted by Crippen LogP contribution is 2.48. The molecule has 1 aliphatic heterocycles. The van der Waals surface area contributed by atoms with Crippen LogP contribution in [0.1, 0.15) is 6.92 Å². The van der Waals surface area contributed by atoms with Gasteiger partial charge in [-0.3, -0.25) is 0 Å². The van der Waals surface area contributed by atoms with Crippen molar-refractivity contribution in [2.45, 2.75) is 22.8 Å². The molecular formula is C16H19Cl2N3S. The fraction of sp³-hybridized carbons (Fsp3) is 0.312. The van der Waals surface area contributed by atoms with Crippen LogP contribution >= 0.6 is 35.8 Å². The first-order valence-electron chi connectivity index (χ1n) is 6.92. The number of pyridine rings is 1. The van der Waals surface area contributed by atoms with E-state index in [1.807, 2.05) is 6.07 Å². The van der Waals surface area contributed by atoms with E-state index >= 15 is 0 Å². The molecule has 0 N–H and O–H groups in total. The van der Waals surface area contributed by atoms with Gasteiger partial charge in [-0.15, -0.1) is 12.4 Å². The van der Waals surface area contributed by atoms with Gasteiger partial charge in [-0.05, 0) is 39.2 Å². The van der Waals surface area contributed by atoms with Crippen molar-refractivity contribution < 1.29 is 0 Å². The van der Waals surface area contributed by atoms with Crippen molar-refractivity contribution in [2.75, 3.05) is 25.5 Å². The number of aromatic nitrogens is 1. The van der Waals surface area contributed by atoms with E-state index in [-0.39, 0.29) is 12.4 Å².